The van der Waals surface area contributed by atoms with Gasteiger partial charge in [-0.3, -0.25) is 5.43 Å². The first-order chi connectivity index (χ1) is 10.2. The van der Waals surface area contributed by atoms with Crippen molar-refractivity contribution in [3.8, 4) is 6.01 Å². The highest BCUT2D eigenvalue weighted by atomic mass is 16.5. The molecule has 3 N–H and O–H groups in total. The van der Waals surface area contributed by atoms with Crippen LogP contribution in [0.5, 0.6) is 6.01 Å². The van der Waals surface area contributed by atoms with Crippen molar-refractivity contribution in [1.29, 1.82) is 0 Å². The fourth-order valence-corrected chi connectivity index (χ4v) is 1.56. The number of aromatic nitrogens is 3. The lowest BCUT2D eigenvalue weighted by molar-refractivity contribution is 0.0528. The van der Waals surface area contributed by atoms with E-state index in [9.17, 15) is 0 Å². The number of anilines is 2. The van der Waals surface area contributed by atoms with Crippen molar-refractivity contribution >= 4 is 11.9 Å². The third-order valence-corrected chi connectivity index (χ3v) is 2.67. The van der Waals surface area contributed by atoms with Crippen LogP contribution in [-0.4, -0.2) is 61.6 Å². The Balaban J connectivity index is 2.58. The first-order valence-corrected chi connectivity index (χ1v) is 6.92. The number of nitrogen functional groups attached to an aromatic ring is 1. The predicted octanol–water partition coefficient (Wildman–Crippen LogP) is 0.0452. The van der Waals surface area contributed by atoms with Crippen molar-refractivity contribution in [3.05, 3.63) is 0 Å². The second kappa shape index (κ2) is 10.1. The lowest BCUT2D eigenvalue weighted by Crippen LogP contribution is -2.26. The Morgan fingerprint density at radius 3 is 2.38 bits per heavy atom. The number of nitrogens with zero attached hydrogens (tertiary/aromatic N) is 4. The Morgan fingerprint density at radius 1 is 1.05 bits per heavy atom. The number of rotatable bonds is 11. The summed E-state index contributed by atoms with van der Waals surface area (Å²) in [5, 5.41) is 0. The topological polar surface area (TPSA) is 108 Å². The summed E-state index contributed by atoms with van der Waals surface area (Å²) in [5.41, 5.74) is 2.41. The Kier molecular flexibility index (Phi) is 8.32. The molecule has 21 heavy (non-hydrogen) atoms. The standard InChI is InChI=1S/C12H24N6O3/c1-4-18(5-2)11-14-10(17-13)15-12(16-11)21-9-8-20-7-6-19-3/h4-9,13H2,1-3H3,(H,14,15,16,17). The molecule has 1 aromatic heterocycles. The fraction of sp³-hybridized carbons (Fsp3) is 0.750. The van der Waals surface area contributed by atoms with Crippen LogP contribution in [0.2, 0.25) is 0 Å². The molecule has 9 heteroatoms. The zero-order chi connectivity index (χ0) is 15.5. The van der Waals surface area contributed by atoms with Gasteiger partial charge in [0.25, 0.3) is 0 Å². The van der Waals surface area contributed by atoms with Crippen LogP contribution >= 0.6 is 0 Å². The second-order valence-corrected chi connectivity index (χ2v) is 4.01. The van der Waals surface area contributed by atoms with E-state index in [2.05, 4.69) is 20.4 Å². The molecule has 1 aromatic rings. The van der Waals surface area contributed by atoms with E-state index in [1.807, 2.05) is 18.7 Å². The van der Waals surface area contributed by atoms with E-state index in [-0.39, 0.29) is 12.0 Å². The first-order valence-electron chi connectivity index (χ1n) is 6.92. The molecule has 9 nitrogen and oxygen atoms in total. The zero-order valence-corrected chi connectivity index (χ0v) is 12.8. The summed E-state index contributed by atoms with van der Waals surface area (Å²) >= 11 is 0. The van der Waals surface area contributed by atoms with Crippen LogP contribution in [-0.2, 0) is 9.47 Å². The lowest BCUT2D eigenvalue weighted by Gasteiger charge is -2.19. The second-order valence-electron chi connectivity index (χ2n) is 4.01. The van der Waals surface area contributed by atoms with E-state index >= 15 is 0 Å². The minimum absolute atomic E-state index is 0.218. The third kappa shape index (κ3) is 6.06. The number of hydrazine groups is 1. The zero-order valence-electron chi connectivity index (χ0n) is 12.8. The van der Waals surface area contributed by atoms with Crippen molar-refractivity contribution in [2.24, 2.45) is 5.84 Å². The molecule has 0 saturated heterocycles. The summed E-state index contributed by atoms with van der Waals surface area (Å²) in [6, 6.07) is 0.218. The summed E-state index contributed by atoms with van der Waals surface area (Å²) in [7, 11) is 1.63. The summed E-state index contributed by atoms with van der Waals surface area (Å²) < 4.78 is 15.6. The number of methoxy groups -OCH3 is 1. The van der Waals surface area contributed by atoms with Gasteiger partial charge >= 0.3 is 6.01 Å². The van der Waals surface area contributed by atoms with Gasteiger partial charge in [0.15, 0.2) is 0 Å². The number of nitrogens with two attached hydrogens (primary N) is 1. The molecule has 0 spiro atoms. The minimum Gasteiger partial charge on any atom is -0.461 e. The molecule has 0 fully saturated rings. The van der Waals surface area contributed by atoms with Crippen LogP contribution in [0.1, 0.15) is 13.8 Å². The van der Waals surface area contributed by atoms with Crippen LogP contribution in [0, 0.1) is 0 Å². The molecule has 0 aromatic carbocycles. The Labute approximate surface area is 124 Å². The average Bonchev–Trinajstić information content (AvgIpc) is 2.51. The molecule has 1 rings (SSSR count). The van der Waals surface area contributed by atoms with Gasteiger partial charge in [-0.05, 0) is 13.8 Å². The van der Waals surface area contributed by atoms with E-state index in [0.29, 0.717) is 32.4 Å². The van der Waals surface area contributed by atoms with Gasteiger partial charge in [0.2, 0.25) is 11.9 Å². The summed E-state index contributed by atoms with van der Waals surface area (Å²) in [6.07, 6.45) is 0. The number of hydrogen-bond donors (Lipinski definition) is 2. The highest BCUT2D eigenvalue weighted by molar-refractivity contribution is 5.37. The van der Waals surface area contributed by atoms with Gasteiger partial charge < -0.3 is 19.1 Å². The van der Waals surface area contributed by atoms with Crippen LogP contribution < -0.4 is 20.9 Å². The van der Waals surface area contributed by atoms with Crippen molar-refractivity contribution in [3.63, 3.8) is 0 Å². The number of nitrogens with one attached hydrogen (secondary N) is 1. The van der Waals surface area contributed by atoms with Crippen LogP contribution in [0.4, 0.5) is 11.9 Å². The van der Waals surface area contributed by atoms with Gasteiger partial charge in [0.1, 0.15) is 6.61 Å². The van der Waals surface area contributed by atoms with Gasteiger partial charge in [-0.1, -0.05) is 0 Å². The minimum atomic E-state index is 0.218. The maximum Gasteiger partial charge on any atom is 0.323 e. The van der Waals surface area contributed by atoms with E-state index in [1.165, 1.54) is 0 Å². The van der Waals surface area contributed by atoms with Crippen molar-refractivity contribution in [1.82, 2.24) is 15.0 Å². The van der Waals surface area contributed by atoms with Crippen LogP contribution in [0.25, 0.3) is 0 Å². The summed E-state index contributed by atoms with van der Waals surface area (Å²) in [6.45, 7) is 7.46. The van der Waals surface area contributed by atoms with Crippen molar-refractivity contribution < 1.29 is 14.2 Å². The summed E-state index contributed by atoms with van der Waals surface area (Å²) in [4.78, 5) is 14.5. The van der Waals surface area contributed by atoms with Gasteiger partial charge in [-0.25, -0.2) is 5.84 Å². The Hall–Kier alpha value is -1.71. The van der Waals surface area contributed by atoms with Gasteiger partial charge in [-0.15, -0.1) is 0 Å². The van der Waals surface area contributed by atoms with Crippen molar-refractivity contribution in [2.75, 3.05) is 57.0 Å². The Morgan fingerprint density at radius 2 is 1.76 bits per heavy atom. The maximum atomic E-state index is 5.46. The molecule has 0 aliphatic rings. The van der Waals surface area contributed by atoms with E-state index in [0.717, 1.165) is 13.1 Å². The largest absolute Gasteiger partial charge is 0.461 e. The SMILES string of the molecule is CCN(CC)c1nc(NN)nc(OCCOCCOC)n1. The van der Waals surface area contributed by atoms with E-state index in [4.69, 9.17) is 20.1 Å². The Bertz CT molecular complexity index is 403. The van der Waals surface area contributed by atoms with Gasteiger partial charge in [-0.2, -0.15) is 15.0 Å². The third-order valence-electron chi connectivity index (χ3n) is 2.67. The molecule has 0 unspecified atom stereocenters. The van der Waals surface area contributed by atoms with Gasteiger partial charge in [0, 0.05) is 20.2 Å². The number of ether oxygens (including phenoxy) is 3. The van der Waals surface area contributed by atoms with Crippen molar-refractivity contribution in [2.45, 2.75) is 13.8 Å². The van der Waals surface area contributed by atoms with Gasteiger partial charge in [0.05, 0.1) is 19.8 Å². The van der Waals surface area contributed by atoms with Crippen LogP contribution in [0.15, 0.2) is 0 Å². The smallest absolute Gasteiger partial charge is 0.323 e. The summed E-state index contributed by atoms with van der Waals surface area (Å²) in [5.74, 6) is 6.16. The quantitative estimate of drug-likeness (QED) is 0.333. The molecule has 0 aliphatic carbocycles. The maximum absolute atomic E-state index is 5.46. The molecular weight excluding hydrogens is 276 g/mol. The molecule has 0 aliphatic heterocycles. The fourth-order valence-electron chi connectivity index (χ4n) is 1.56. The van der Waals surface area contributed by atoms with Crippen LogP contribution in [0.3, 0.4) is 0 Å². The molecule has 0 atom stereocenters. The van der Waals surface area contributed by atoms with E-state index in [1.54, 1.807) is 7.11 Å². The molecule has 0 amide bonds. The molecular formula is C12H24N6O3. The number of hydrogen-bond acceptors (Lipinski definition) is 9. The predicted molar refractivity (Wildman–Crippen MR) is 79.4 cm³/mol. The molecule has 0 saturated carbocycles. The average molecular weight is 300 g/mol. The molecule has 0 radical (unpaired) electrons. The molecule has 1 heterocycles. The van der Waals surface area contributed by atoms with E-state index < -0.39 is 0 Å². The normalized spacial score (nSPS) is 10.5. The highest BCUT2D eigenvalue weighted by Gasteiger charge is 2.11. The molecule has 0 bridgehead atoms. The molecule has 120 valence electrons. The first kappa shape index (κ1) is 17.3. The highest BCUT2D eigenvalue weighted by Crippen LogP contribution is 2.14. The monoisotopic (exact) mass is 300 g/mol. The lowest BCUT2D eigenvalue weighted by atomic mass is 10.5.